The average molecular weight is 273 g/mol. The molecule has 0 radical (unpaired) electrons. The van der Waals surface area contributed by atoms with E-state index in [-0.39, 0.29) is 10.7 Å². The van der Waals surface area contributed by atoms with Crippen molar-refractivity contribution >= 4 is 28.6 Å². The highest BCUT2D eigenvalue weighted by molar-refractivity contribution is 6.35. The smallest absolute Gasteiger partial charge is 0.341 e. The molecule has 0 saturated heterocycles. The monoisotopic (exact) mass is 272 g/mol. The molecule has 3 rings (SSSR count). The molecule has 3 aromatic rings. The zero-order valence-corrected chi connectivity index (χ0v) is 10.5. The van der Waals surface area contributed by atoms with Gasteiger partial charge in [0, 0.05) is 11.9 Å². The van der Waals surface area contributed by atoms with E-state index in [1.807, 2.05) is 30.3 Å². The fourth-order valence-electron chi connectivity index (χ4n) is 2.10. The molecule has 2 aromatic heterocycles. The van der Waals surface area contributed by atoms with Gasteiger partial charge in [0.15, 0.2) is 0 Å². The molecule has 2 heterocycles. The number of carboxylic acid groups (broad SMARTS) is 1. The molecular formula is C14H9ClN2O2. The molecule has 94 valence electrons. The highest BCUT2D eigenvalue weighted by Crippen LogP contribution is 2.31. The Labute approximate surface area is 113 Å². The van der Waals surface area contributed by atoms with E-state index in [0.29, 0.717) is 11.0 Å². The molecule has 0 saturated carbocycles. The minimum atomic E-state index is -1.08. The second-order valence-corrected chi connectivity index (χ2v) is 4.37. The van der Waals surface area contributed by atoms with Crippen molar-refractivity contribution in [3.8, 4) is 5.69 Å². The van der Waals surface area contributed by atoms with Crippen molar-refractivity contribution in [2.24, 2.45) is 0 Å². The Hall–Kier alpha value is -2.33. The molecule has 1 aromatic carbocycles. The van der Waals surface area contributed by atoms with Crippen LogP contribution in [0.5, 0.6) is 0 Å². The van der Waals surface area contributed by atoms with Crippen LogP contribution >= 0.6 is 11.6 Å². The number of aromatic carboxylic acids is 1. The van der Waals surface area contributed by atoms with E-state index in [1.54, 1.807) is 22.9 Å². The number of aromatic nitrogens is 2. The van der Waals surface area contributed by atoms with Crippen molar-refractivity contribution in [3.63, 3.8) is 0 Å². The zero-order valence-electron chi connectivity index (χ0n) is 9.75. The van der Waals surface area contributed by atoms with Gasteiger partial charge < -0.3 is 5.11 Å². The van der Waals surface area contributed by atoms with Gasteiger partial charge in [-0.3, -0.25) is 9.55 Å². The SMILES string of the molecule is O=C(O)c1c(Cl)n(-c2ccccc2)c2cccnc12. The van der Waals surface area contributed by atoms with Gasteiger partial charge in [-0.25, -0.2) is 4.79 Å². The highest BCUT2D eigenvalue weighted by Gasteiger charge is 2.22. The standard InChI is InChI=1S/C14H9ClN2O2/c15-13-11(14(18)19)12-10(7-4-8-16-12)17(13)9-5-2-1-3-6-9/h1-8H,(H,18,19). The summed E-state index contributed by atoms with van der Waals surface area (Å²) in [5.74, 6) is -1.08. The number of rotatable bonds is 2. The Bertz CT molecular complexity index is 766. The molecule has 0 aliphatic heterocycles. The maximum Gasteiger partial charge on any atom is 0.341 e. The van der Waals surface area contributed by atoms with Gasteiger partial charge in [-0.1, -0.05) is 29.8 Å². The third-order valence-corrected chi connectivity index (χ3v) is 3.25. The molecule has 0 unspecified atom stereocenters. The van der Waals surface area contributed by atoms with Crippen LogP contribution in [0, 0.1) is 0 Å². The lowest BCUT2D eigenvalue weighted by molar-refractivity contribution is 0.0699. The minimum Gasteiger partial charge on any atom is -0.478 e. The van der Waals surface area contributed by atoms with E-state index in [4.69, 9.17) is 11.6 Å². The number of hydrogen-bond acceptors (Lipinski definition) is 2. The number of para-hydroxylation sites is 1. The molecule has 19 heavy (non-hydrogen) atoms. The van der Waals surface area contributed by atoms with E-state index in [0.717, 1.165) is 5.69 Å². The van der Waals surface area contributed by atoms with Gasteiger partial charge in [-0.2, -0.15) is 0 Å². The van der Waals surface area contributed by atoms with Crippen LogP contribution in [0.3, 0.4) is 0 Å². The lowest BCUT2D eigenvalue weighted by atomic mass is 10.3. The molecule has 0 bridgehead atoms. The highest BCUT2D eigenvalue weighted by atomic mass is 35.5. The van der Waals surface area contributed by atoms with Gasteiger partial charge in [-0.05, 0) is 24.3 Å². The molecule has 4 nitrogen and oxygen atoms in total. The first kappa shape index (κ1) is 11.7. The molecule has 0 amide bonds. The molecule has 0 atom stereocenters. The van der Waals surface area contributed by atoms with Gasteiger partial charge in [0.25, 0.3) is 0 Å². The molecule has 5 heteroatoms. The topological polar surface area (TPSA) is 55.1 Å². The summed E-state index contributed by atoms with van der Waals surface area (Å²) in [5.41, 5.74) is 1.90. The van der Waals surface area contributed by atoms with Crippen LogP contribution < -0.4 is 0 Å². The number of carboxylic acids is 1. The predicted molar refractivity (Wildman–Crippen MR) is 73.0 cm³/mol. The fraction of sp³-hybridized carbons (Fsp3) is 0. The minimum absolute atomic E-state index is 0.0288. The van der Waals surface area contributed by atoms with Crippen LogP contribution in [0.15, 0.2) is 48.7 Å². The lowest BCUT2D eigenvalue weighted by Crippen LogP contribution is -1.98. The maximum atomic E-state index is 11.3. The first-order valence-electron chi connectivity index (χ1n) is 5.64. The van der Waals surface area contributed by atoms with Crippen molar-refractivity contribution in [2.45, 2.75) is 0 Å². The van der Waals surface area contributed by atoms with Crippen LogP contribution in [0.4, 0.5) is 0 Å². The van der Waals surface area contributed by atoms with Gasteiger partial charge in [0.2, 0.25) is 0 Å². The maximum absolute atomic E-state index is 11.3. The number of benzene rings is 1. The van der Waals surface area contributed by atoms with Gasteiger partial charge in [0.1, 0.15) is 16.2 Å². The van der Waals surface area contributed by atoms with Gasteiger partial charge >= 0.3 is 5.97 Å². The fourth-order valence-corrected chi connectivity index (χ4v) is 2.46. The summed E-state index contributed by atoms with van der Waals surface area (Å²) in [6, 6.07) is 12.9. The zero-order chi connectivity index (χ0) is 13.4. The number of nitrogens with zero attached hydrogens (tertiary/aromatic N) is 2. The third kappa shape index (κ3) is 1.77. The second-order valence-electron chi connectivity index (χ2n) is 4.01. The van der Waals surface area contributed by atoms with Gasteiger partial charge in [0.05, 0.1) is 5.52 Å². The second kappa shape index (κ2) is 4.40. The predicted octanol–water partition coefficient (Wildman–Crippen LogP) is 3.38. The van der Waals surface area contributed by atoms with Crippen molar-refractivity contribution in [2.75, 3.05) is 0 Å². The van der Waals surface area contributed by atoms with Crippen molar-refractivity contribution in [1.29, 1.82) is 0 Å². The molecule has 0 fully saturated rings. The van der Waals surface area contributed by atoms with Crippen LogP contribution in [-0.4, -0.2) is 20.6 Å². The number of halogens is 1. The summed E-state index contributed by atoms with van der Waals surface area (Å²) in [6.45, 7) is 0. The Morgan fingerprint density at radius 1 is 1.16 bits per heavy atom. The van der Waals surface area contributed by atoms with Crippen LogP contribution in [0.25, 0.3) is 16.7 Å². The van der Waals surface area contributed by atoms with E-state index >= 15 is 0 Å². The first-order chi connectivity index (χ1) is 9.20. The van der Waals surface area contributed by atoms with E-state index in [1.165, 1.54) is 0 Å². The number of carbonyl (C=O) groups is 1. The number of fused-ring (bicyclic) bond motifs is 1. The van der Waals surface area contributed by atoms with Crippen molar-refractivity contribution in [1.82, 2.24) is 9.55 Å². The Kier molecular flexibility index (Phi) is 2.72. The molecule has 1 N–H and O–H groups in total. The summed E-state index contributed by atoms with van der Waals surface area (Å²) in [7, 11) is 0. The summed E-state index contributed by atoms with van der Waals surface area (Å²) in [6.07, 6.45) is 1.56. The number of pyridine rings is 1. The molecule has 0 aliphatic rings. The number of hydrogen-bond donors (Lipinski definition) is 1. The third-order valence-electron chi connectivity index (χ3n) is 2.89. The summed E-state index contributed by atoms with van der Waals surface area (Å²) in [5, 5.41) is 9.45. The normalized spacial score (nSPS) is 10.8. The summed E-state index contributed by atoms with van der Waals surface area (Å²) in [4.78, 5) is 15.5. The van der Waals surface area contributed by atoms with Gasteiger partial charge in [-0.15, -0.1) is 0 Å². The molecule has 0 spiro atoms. The summed E-state index contributed by atoms with van der Waals surface area (Å²) < 4.78 is 1.69. The van der Waals surface area contributed by atoms with Crippen LogP contribution in [0.2, 0.25) is 5.15 Å². The van der Waals surface area contributed by atoms with E-state index in [9.17, 15) is 9.90 Å². The Balaban J connectivity index is 2.43. The molecule has 0 aliphatic carbocycles. The van der Waals surface area contributed by atoms with Crippen molar-refractivity contribution < 1.29 is 9.90 Å². The Morgan fingerprint density at radius 3 is 2.58 bits per heavy atom. The first-order valence-corrected chi connectivity index (χ1v) is 6.01. The van der Waals surface area contributed by atoms with E-state index in [2.05, 4.69) is 4.98 Å². The van der Waals surface area contributed by atoms with Crippen LogP contribution in [0.1, 0.15) is 10.4 Å². The lowest BCUT2D eigenvalue weighted by Gasteiger charge is -2.06. The molecular weight excluding hydrogens is 264 g/mol. The van der Waals surface area contributed by atoms with Crippen molar-refractivity contribution in [3.05, 3.63) is 59.4 Å². The quantitative estimate of drug-likeness (QED) is 0.778. The average Bonchev–Trinajstić information content (AvgIpc) is 2.71. The summed E-state index contributed by atoms with van der Waals surface area (Å²) >= 11 is 6.22. The van der Waals surface area contributed by atoms with Crippen LogP contribution in [-0.2, 0) is 0 Å². The Morgan fingerprint density at radius 2 is 1.89 bits per heavy atom. The largest absolute Gasteiger partial charge is 0.478 e. The van der Waals surface area contributed by atoms with E-state index < -0.39 is 5.97 Å².